The number of ether oxygens (including phenoxy) is 5. The summed E-state index contributed by atoms with van der Waals surface area (Å²) in [5.74, 6) is -1.68. The second kappa shape index (κ2) is 20.9. The first kappa shape index (κ1) is 44.0. The number of hydrogen-bond donors (Lipinski definition) is 5. The van der Waals surface area contributed by atoms with E-state index in [1.165, 1.54) is 6.20 Å². The molecule has 0 aliphatic heterocycles. The maximum absolute atomic E-state index is 13.2. The number of fused-ring (bicyclic) bond motifs is 1. The van der Waals surface area contributed by atoms with Crippen LogP contribution in [0.3, 0.4) is 0 Å². The molecule has 3 rings (SSSR count). The average molecular weight is 772 g/mol. The number of rotatable bonds is 20. The van der Waals surface area contributed by atoms with Crippen molar-refractivity contribution in [2.24, 2.45) is 0 Å². The number of alkyl carbamates (subject to hydrolysis) is 1. The second-order valence-corrected chi connectivity index (χ2v) is 14.1. The van der Waals surface area contributed by atoms with E-state index in [2.05, 4.69) is 35.9 Å². The van der Waals surface area contributed by atoms with Crippen LogP contribution in [0.2, 0.25) is 0 Å². The number of nitrogens with two attached hydrogens (primary N) is 1. The van der Waals surface area contributed by atoms with Crippen molar-refractivity contribution in [1.29, 1.82) is 0 Å². The highest BCUT2D eigenvalue weighted by Gasteiger charge is 2.28. The van der Waals surface area contributed by atoms with Gasteiger partial charge in [0.1, 0.15) is 17.2 Å². The quantitative estimate of drug-likeness (QED) is 0.0817. The molecule has 55 heavy (non-hydrogen) atoms. The summed E-state index contributed by atoms with van der Waals surface area (Å²) in [6.45, 7) is 13.0. The van der Waals surface area contributed by atoms with E-state index < -0.39 is 41.1 Å². The van der Waals surface area contributed by atoms with E-state index in [9.17, 15) is 24.3 Å². The fourth-order valence-electron chi connectivity index (χ4n) is 4.60. The Hall–Kier alpha value is -5.40. The maximum atomic E-state index is 13.2. The van der Waals surface area contributed by atoms with Gasteiger partial charge in [0.15, 0.2) is 17.0 Å². The van der Waals surface area contributed by atoms with Gasteiger partial charge in [-0.2, -0.15) is 9.97 Å². The van der Waals surface area contributed by atoms with Crippen LogP contribution < -0.4 is 26.6 Å². The van der Waals surface area contributed by atoms with Crippen LogP contribution in [0, 0.1) is 0 Å². The number of aromatic hydroxyl groups is 1. The summed E-state index contributed by atoms with van der Waals surface area (Å²) < 4.78 is 27.0. The molecule has 0 radical (unpaired) electrons. The summed E-state index contributed by atoms with van der Waals surface area (Å²) in [5.41, 5.74) is 5.32. The maximum Gasteiger partial charge on any atom is 0.407 e. The molecule has 2 aromatic heterocycles. The molecule has 0 unspecified atom stereocenters. The van der Waals surface area contributed by atoms with Crippen LogP contribution in [-0.2, 0) is 33.3 Å². The lowest BCUT2D eigenvalue weighted by atomic mass is 10.1. The molecule has 0 spiro atoms. The molecule has 0 aliphatic carbocycles. The number of anilines is 3. The highest BCUT2D eigenvalue weighted by Crippen LogP contribution is 2.26. The highest BCUT2D eigenvalue weighted by molar-refractivity contribution is 5.97. The number of nitrogens with zero attached hydrogens (tertiary/aromatic N) is 5. The number of aromatic nitrogens is 4. The van der Waals surface area contributed by atoms with Crippen LogP contribution in [0.15, 0.2) is 30.5 Å². The van der Waals surface area contributed by atoms with Gasteiger partial charge in [0.2, 0.25) is 17.7 Å². The average Bonchev–Trinajstić information content (AvgIpc) is 3.10. The SMILES string of the molecule is CN(c1ccc(C(=O)N[C@@H](CCC(=O)NCCOCCOCCOCCNC(=O)OC(C)(C)C)C(=O)OC(C)(C)C)cc1)c1cnc2nc(N)nc(O)c2n1. The van der Waals surface area contributed by atoms with Crippen LogP contribution in [0.5, 0.6) is 5.88 Å². The Balaban J connectivity index is 1.38. The number of hydrogen-bond acceptors (Lipinski definition) is 16. The molecule has 1 atom stereocenters. The van der Waals surface area contributed by atoms with Gasteiger partial charge in [-0.25, -0.2) is 19.6 Å². The van der Waals surface area contributed by atoms with E-state index in [0.29, 0.717) is 51.1 Å². The molecule has 19 nitrogen and oxygen atoms in total. The van der Waals surface area contributed by atoms with E-state index in [1.807, 2.05) is 0 Å². The van der Waals surface area contributed by atoms with Crippen molar-refractivity contribution in [2.75, 3.05) is 70.4 Å². The van der Waals surface area contributed by atoms with Gasteiger partial charge in [-0.05, 0) is 72.2 Å². The zero-order valence-electron chi connectivity index (χ0n) is 32.5. The van der Waals surface area contributed by atoms with Gasteiger partial charge in [-0.1, -0.05) is 0 Å². The van der Waals surface area contributed by atoms with Crippen LogP contribution in [0.25, 0.3) is 11.2 Å². The van der Waals surface area contributed by atoms with Crippen molar-refractivity contribution in [3.05, 3.63) is 36.0 Å². The van der Waals surface area contributed by atoms with Crippen LogP contribution in [0.4, 0.5) is 22.2 Å². The Bertz CT molecular complexity index is 1730. The van der Waals surface area contributed by atoms with Crippen molar-refractivity contribution >= 4 is 52.5 Å². The van der Waals surface area contributed by atoms with Crippen molar-refractivity contribution in [3.63, 3.8) is 0 Å². The molecule has 1 aromatic carbocycles. The molecule has 0 aliphatic rings. The lowest BCUT2D eigenvalue weighted by Gasteiger charge is -2.24. The Morgan fingerprint density at radius 2 is 1.40 bits per heavy atom. The minimum absolute atomic E-state index is 0.00395. The fraction of sp³-hybridized carbons (Fsp3) is 0.556. The molecule has 302 valence electrons. The van der Waals surface area contributed by atoms with Crippen molar-refractivity contribution in [3.8, 4) is 5.88 Å². The van der Waals surface area contributed by atoms with Crippen molar-refractivity contribution in [2.45, 2.75) is 71.6 Å². The van der Waals surface area contributed by atoms with Crippen LogP contribution >= 0.6 is 0 Å². The number of carbonyl (C=O) groups is 4. The summed E-state index contributed by atoms with van der Waals surface area (Å²) in [6.07, 6.45) is 0.911. The first-order valence-electron chi connectivity index (χ1n) is 17.8. The van der Waals surface area contributed by atoms with E-state index >= 15 is 0 Å². The predicted octanol–water partition coefficient (Wildman–Crippen LogP) is 2.39. The Morgan fingerprint density at radius 1 is 0.818 bits per heavy atom. The molecule has 6 N–H and O–H groups in total. The molecule has 3 aromatic rings. The number of amides is 3. The number of nitrogen functional groups attached to an aromatic ring is 1. The smallest absolute Gasteiger partial charge is 0.407 e. The van der Waals surface area contributed by atoms with E-state index in [4.69, 9.17) is 29.4 Å². The van der Waals surface area contributed by atoms with Crippen molar-refractivity contribution < 1.29 is 48.0 Å². The topological polar surface area (TPSA) is 252 Å². The van der Waals surface area contributed by atoms with Crippen molar-refractivity contribution in [1.82, 2.24) is 35.9 Å². The number of esters is 1. The van der Waals surface area contributed by atoms with Gasteiger partial charge < -0.3 is 55.4 Å². The lowest BCUT2D eigenvalue weighted by molar-refractivity contribution is -0.157. The third-order valence-corrected chi connectivity index (χ3v) is 7.14. The molecule has 2 heterocycles. The third kappa shape index (κ3) is 16.2. The normalized spacial score (nSPS) is 12.1. The predicted molar refractivity (Wildman–Crippen MR) is 202 cm³/mol. The van der Waals surface area contributed by atoms with Gasteiger partial charge >= 0.3 is 12.1 Å². The van der Waals surface area contributed by atoms with Crippen LogP contribution in [0.1, 0.15) is 64.7 Å². The minimum Gasteiger partial charge on any atom is -0.492 e. The van der Waals surface area contributed by atoms with Gasteiger partial charge in [-0.15, -0.1) is 0 Å². The molecule has 0 saturated carbocycles. The van der Waals surface area contributed by atoms with E-state index in [-0.39, 0.29) is 54.6 Å². The van der Waals surface area contributed by atoms with E-state index in [0.717, 1.165) is 0 Å². The third-order valence-electron chi connectivity index (χ3n) is 7.14. The molecule has 0 bridgehead atoms. The lowest BCUT2D eigenvalue weighted by Crippen LogP contribution is -2.45. The number of carbonyl (C=O) groups excluding carboxylic acids is 4. The van der Waals surface area contributed by atoms with Gasteiger partial charge in [-0.3, -0.25) is 9.59 Å². The number of nitrogens with one attached hydrogen (secondary N) is 3. The Labute approximate surface area is 320 Å². The summed E-state index contributed by atoms with van der Waals surface area (Å²) >= 11 is 0. The Kier molecular flexibility index (Phi) is 16.7. The second-order valence-electron chi connectivity index (χ2n) is 14.1. The Morgan fingerprint density at radius 3 is 2.00 bits per heavy atom. The summed E-state index contributed by atoms with van der Waals surface area (Å²) in [4.78, 5) is 68.3. The largest absolute Gasteiger partial charge is 0.492 e. The molecular formula is C36H53N9O10. The summed E-state index contributed by atoms with van der Waals surface area (Å²) in [5, 5.41) is 18.2. The van der Waals surface area contributed by atoms with Crippen LogP contribution in [-0.4, -0.2) is 126 Å². The fourth-order valence-corrected chi connectivity index (χ4v) is 4.60. The molecule has 0 fully saturated rings. The first-order valence-corrected chi connectivity index (χ1v) is 17.8. The van der Waals surface area contributed by atoms with E-state index in [1.54, 1.807) is 77.8 Å². The zero-order chi connectivity index (χ0) is 40.6. The summed E-state index contributed by atoms with van der Waals surface area (Å²) in [6, 6.07) is 5.41. The molecule has 3 amide bonds. The standard InChI is InChI=1S/C36H53N9O10/c1-35(2,3)54-32(49)25(12-13-27(46)38-14-16-51-18-20-53-21-19-52-17-15-39-34(50)55-36(4,5)6)41-30(47)23-8-10-24(11-9-23)45(7)26-22-40-29-28(42-26)31(48)44-33(37)43-29/h8-11,22,25H,12-21H2,1-7H3,(H,38,46)(H,39,50)(H,41,47)(H3,37,40,43,44,48)/t25-/m0/s1. The monoisotopic (exact) mass is 771 g/mol. The zero-order valence-corrected chi connectivity index (χ0v) is 32.5. The van der Waals surface area contributed by atoms with Gasteiger partial charge in [0.25, 0.3) is 5.91 Å². The van der Waals surface area contributed by atoms with Gasteiger partial charge in [0.05, 0.1) is 45.8 Å². The highest BCUT2D eigenvalue weighted by atomic mass is 16.6. The number of benzene rings is 1. The van der Waals surface area contributed by atoms with Gasteiger partial charge in [0, 0.05) is 37.8 Å². The molecule has 19 heteroatoms. The first-order chi connectivity index (χ1) is 25.9. The molecular weight excluding hydrogens is 718 g/mol. The summed E-state index contributed by atoms with van der Waals surface area (Å²) in [7, 11) is 1.72. The molecule has 0 saturated heterocycles. The minimum atomic E-state index is -1.09.